The molecule has 0 bridgehead atoms. The van der Waals surface area contributed by atoms with Crippen LogP contribution in [0.4, 0.5) is 0 Å². The zero-order valence-electron chi connectivity index (χ0n) is 51.3. The molecule has 2 unspecified atom stereocenters. The van der Waals surface area contributed by atoms with Gasteiger partial charge in [-0.2, -0.15) is 0 Å². The first-order valence-corrected chi connectivity index (χ1v) is 34.3. The van der Waals surface area contributed by atoms with E-state index in [-0.39, 0.29) is 18.5 Å². The lowest BCUT2D eigenvalue weighted by molar-refractivity contribution is -0.143. The molecule has 0 fully saturated rings. The van der Waals surface area contributed by atoms with Crippen molar-refractivity contribution in [2.45, 2.75) is 386 Å². The zero-order chi connectivity index (χ0) is 55.0. The van der Waals surface area contributed by atoms with E-state index < -0.39 is 12.1 Å². The monoisotopic (exact) mass is 1070 g/mol. The third-order valence-electron chi connectivity index (χ3n) is 15.9. The number of carbonyl (C=O) groups is 2. The second-order valence-electron chi connectivity index (χ2n) is 23.5. The smallest absolute Gasteiger partial charge is 0.305 e. The maximum absolute atomic E-state index is 12.5. The fourth-order valence-electron chi connectivity index (χ4n) is 10.6. The normalized spacial score (nSPS) is 12.7. The summed E-state index contributed by atoms with van der Waals surface area (Å²) >= 11 is 0. The van der Waals surface area contributed by atoms with Crippen molar-refractivity contribution in [2.75, 3.05) is 13.2 Å². The van der Waals surface area contributed by atoms with Crippen LogP contribution in [0.5, 0.6) is 0 Å². The van der Waals surface area contributed by atoms with Gasteiger partial charge in [0.2, 0.25) is 5.91 Å². The Balaban J connectivity index is 3.45. The van der Waals surface area contributed by atoms with Crippen LogP contribution in [-0.2, 0) is 14.3 Å². The number of unbranched alkanes of at least 4 members (excludes halogenated alkanes) is 49. The molecular weight excluding hydrogens is 935 g/mol. The summed E-state index contributed by atoms with van der Waals surface area (Å²) in [7, 11) is 0. The van der Waals surface area contributed by atoms with Crippen LogP contribution >= 0.6 is 0 Å². The summed E-state index contributed by atoms with van der Waals surface area (Å²) in [5.41, 5.74) is 0. The van der Waals surface area contributed by atoms with Crippen molar-refractivity contribution in [2.24, 2.45) is 0 Å². The lowest BCUT2D eigenvalue weighted by Crippen LogP contribution is -2.45. The van der Waals surface area contributed by atoms with E-state index in [4.69, 9.17) is 4.74 Å². The molecule has 0 aromatic heterocycles. The Morgan fingerprint density at radius 1 is 0.355 bits per heavy atom. The Labute approximate surface area is 474 Å². The van der Waals surface area contributed by atoms with Gasteiger partial charge in [0, 0.05) is 12.8 Å². The van der Waals surface area contributed by atoms with Crippen LogP contribution in [0.15, 0.2) is 36.5 Å². The Hall–Kier alpha value is -1.92. The Morgan fingerprint density at radius 2 is 0.618 bits per heavy atom. The Kier molecular flexibility index (Phi) is 63.9. The molecule has 3 N–H and O–H groups in total. The first-order chi connectivity index (χ1) is 37.5. The van der Waals surface area contributed by atoms with E-state index in [9.17, 15) is 19.8 Å². The van der Waals surface area contributed by atoms with Gasteiger partial charge in [0.05, 0.1) is 25.4 Å². The van der Waals surface area contributed by atoms with Gasteiger partial charge in [-0.3, -0.25) is 9.59 Å². The maximum atomic E-state index is 12.5. The fraction of sp³-hybridized carbons (Fsp3) is 0.886. The first-order valence-electron chi connectivity index (χ1n) is 34.3. The van der Waals surface area contributed by atoms with Gasteiger partial charge < -0.3 is 20.3 Å². The molecule has 0 aliphatic rings. The second-order valence-corrected chi connectivity index (χ2v) is 23.5. The van der Waals surface area contributed by atoms with E-state index in [1.165, 1.54) is 295 Å². The summed E-state index contributed by atoms with van der Waals surface area (Å²) in [5, 5.41) is 23.2. The molecule has 2 atom stereocenters. The van der Waals surface area contributed by atoms with Crippen molar-refractivity contribution >= 4 is 11.9 Å². The minimum atomic E-state index is -0.852. The van der Waals surface area contributed by atoms with Crippen molar-refractivity contribution in [3.8, 4) is 0 Å². The largest absolute Gasteiger partial charge is 0.466 e. The van der Waals surface area contributed by atoms with Crippen LogP contribution in [0.3, 0.4) is 0 Å². The van der Waals surface area contributed by atoms with E-state index >= 15 is 0 Å². The van der Waals surface area contributed by atoms with Crippen LogP contribution < -0.4 is 5.32 Å². The molecule has 6 heteroatoms. The SMILES string of the molecule is CCCCCCCC/C=C\CCCCCCCCCCCC(=O)OCCCCCCCCCC/C=C\CCCCCCCCCC(=O)NC(CO)C(O)/C=C/CCCCCCCCCCCCCCCCCCCCC. The van der Waals surface area contributed by atoms with E-state index in [2.05, 4.69) is 43.5 Å². The lowest BCUT2D eigenvalue weighted by Gasteiger charge is -2.20. The predicted octanol–water partition coefficient (Wildman–Crippen LogP) is 21.9. The van der Waals surface area contributed by atoms with E-state index in [1.807, 2.05) is 6.08 Å². The number of hydrogen-bond donors (Lipinski definition) is 3. The lowest BCUT2D eigenvalue weighted by atomic mass is 10.0. The van der Waals surface area contributed by atoms with Gasteiger partial charge in [-0.1, -0.05) is 314 Å². The number of nitrogens with one attached hydrogen (secondary N) is 1. The van der Waals surface area contributed by atoms with Crippen LogP contribution in [0, 0.1) is 0 Å². The number of carbonyl (C=O) groups excluding carboxylic acids is 2. The Morgan fingerprint density at radius 3 is 0.934 bits per heavy atom. The average molecular weight is 1070 g/mol. The minimum absolute atomic E-state index is 0.00335. The van der Waals surface area contributed by atoms with Gasteiger partial charge in [-0.25, -0.2) is 0 Å². The number of rotatable bonds is 64. The van der Waals surface area contributed by atoms with Crippen molar-refractivity contribution < 1.29 is 24.5 Å². The van der Waals surface area contributed by atoms with Gasteiger partial charge in [0.15, 0.2) is 0 Å². The molecular formula is C70H133NO5. The molecule has 0 aromatic carbocycles. The molecule has 0 aliphatic carbocycles. The number of esters is 1. The fourth-order valence-corrected chi connectivity index (χ4v) is 10.6. The van der Waals surface area contributed by atoms with Crippen LogP contribution in [-0.4, -0.2) is 47.4 Å². The van der Waals surface area contributed by atoms with Crippen molar-refractivity contribution in [1.29, 1.82) is 0 Å². The first kappa shape index (κ1) is 74.1. The zero-order valence-corrected chi connectivity index (χ0v) is 51.3. The average Bonchev–Trinajstić information content (AvgIpc) is 3.42. The summed E-state index contributed by atoms with van der Waals surface area (Å²) in [6.45, 7) is 4.92. The van der Waals surface area contributed by atoms with E-state index in [0.717, 1.165) is 51.4 Å². The number of aliphatic hydroxyl groups excluding tert-OH is 2. The highest BCUT2D eigenvalue weighted by Crippen LogP contribution is 2.18. The van der Waals surface area contributed by atoms with E-state index in [0.29, 0.717) is 19.4 Å². The molecule has 0 aromatic rings. The number of aliphatic hydroxyl groups is 2. The summed E-state index contributed by atoms with van der Waals surface area (Å²) < 4.78 is 5.50. The third-order valence-corrected chi connectivity index (χ3v) is 15.9. The van der Waals surface area contributed by atoms with Crippen molar-refractivity contribution in [3.05, 3.63) is 36.5 Å². The quantitative estimate of drug-likeness (QED) is 0.0320. The highest BCUT2D eigenvalue weighted by atomic mass is 16.5. The van der Waals surface area contributed by atoms with Crippen molar-refractivity contribution in [3.63, 3.8) is 0 Å². The van der Waals surface area contributed by atoms with Crippen LogP contribution in [0.2, 0.25) is 0 Å². The molecule has 0 saturated carbocycles. The molecule has 0 heterocycles. The molecule has 1 amide bonds. The minimum Gasteiger partial charge on any atom is -0.466 e. The number of amides is 1. The predicted molar refractivity (Wildman–Crippen MR) is 333 cm³/mol. The number of allylic oxidation sites excluding steroid dienone is 5. The maximum Gasteiger partial charge on any atom is 0.305 e. The van der Waals surface area contributed by atoms with Crippen LogP contribution in [0.1, 0.15) is 373 Å². The van der Waals surface area contributed by atoms with E-state index in [1.54, 1.807) is 6.08 Å². The molecule has 6 nitrogen and oxygen atoms in total. The second kappa shape index (κ2) is 65.6. The molecule has 76 heavy (non-hydrogen) atoms. The molecule has 0 rings (SSSR count). The molecule has 0 spiro atoms. The molecule has 448 valence electrons. The van der Waals surface area contributed by atoms with Gasteiger partial charge in [-0.15, -0.1) is 0 Å². The Bertz CT molecular complexity index is 1230. The van der Waals surface area contributed by atoms with Gasteiger partial charge in [0.25, 0.3) is 0 Å². The van der Waals surface area contributed by atoms with Gasteiger partial charge >= 0.3 is 5.97 Å². The van der Waals surface area contributed by atoms with Gasteiger partial charge in [-0.05, 0) is 83.5 Å². The molecule has 0 radical (unpaired) electrons. The summed E-state index contributed by atoms with van der Waals surface area (Å²) in [5.74, 6) is -0.0712. The van der Waals surface area contributed by atoms with Gasteiger partial charge in [0.1, 0.15) is 0 Å². The number of ether oxygens (including phenoxy) is 1. The highest BCUT2D eigenvalue weighted by molar-refractivity contribution is 5.76. The number of hydrogen-bond acceptors (Lipinski definition) is 5. The molecule has 0 saturated heterocycles. The highest BCUT2D eigenvalue weighted by Gasteiger charge is 2.18. The molecule has 0 aliphatic heterocycles. The summed E-state index contributed by atoms with van der Waals surface area (Å²) in [6, 6.07) is -0.637. The summed E-state index contributed by atoms with van der Waals surface area (Å²) in [4.78, 5) is 24.6. The third kappa shape index (κ3) is 61.3. The van der Waals surface area contributed by atoms with Crippen LogP contribution in [0.25, 0.3) is 0 Å². The standard InChI is InChI=1S/C70H133NO5/c1-3-5-7-9-11-13-15-17-19-21-23-24-27-30-34-38-42-46-50-54-58-62-68(73)67(66-72)71-69(74)63-59-55-51-47-43-39-35-31-28-25-29-33-37-41-45-49-53-57-61-65-76-70(75)64-60-56-52-48-44-40-36-32-26-22-20-18-16-14-12-10-8-6-4-2/h18,20,25,28,58,62,67-68,72-73H,3-17,19,21-24,26-27,29-57,59-61,63-66H2,1-2H3,(H,71,74)/b20-18-,28-25-,62-58+. The topological polar surface area (TPSA) is 95.9 Å². The van der Waals surface area contributed by atoms with Crippen molar-refractivity contribution in [1.82, 2.24) is 5.32 Å². The summed E-state index contributed by atoms with van der Waals surface area (Å²) in [6.07, 6.45) is 83.4.